The van der Waals surface area contributed by atoms with Crippen molar-refractivity contribution in [3.63, 3.8) is 0 Å². The zero-order valence-electron chi connectivity index (χ0n) is 19.1. The standard InChI is InChI=1S/C26H28N4O4/c1-15-4-5-20(14-29-15)17-6-8-18(9-7-17)25(32)30-16(2)22(26(33)34-3)13-21-12-19(24(27)28)10-11-23(21)31/h4-12,14,16,22,29,31H,1,13H2,2-3H3,(H3,27,28)(H,30,32). The van der Waals surface area contributed by atoms with E-state index in [1.807, 2.05) is 30.5 Å². The van der Waals surface area contributed by atoms with E-state index in [0.29, 0.717) is 16.7 Å². The van der Waals surface area contributed by atoms with Crippen LogP contribution in [0, 0.1) is 11.3 Å². The Morgan fingerprint density at radius 2 is 1.85 bits per heavy atom. The van der Waals surface area contributed by atoms with Gasteiger partial charge in [-0.15, -0.1) is 0 Å². The molecule has 2 atom stereocenters. The summed E-state index contributed by atoms with van der Waals surface area (Å²) < 4.78 is 4.94. The van der Waals surface area contributed by atoms with Gasteiger partial charge < -0.3 is 26.2 Å². The molecule has 2 unspecified atom stereocenters. The maximum atomic E-state index is 12.9. The van der Waals surface area contributed by atoms with Crippen molar-refractivity contribution >= 4 is 23.3 Å². The second-order valence-electron chi connectivity index (χ2n) is 8.03. The van der Waals surface area contributed by atoms with E-state index in [-0.39, 0.29) is 23.9 Å². The summed E-state index contributed by atoms with van der Waals surface area (Å²) in [6.45, 7) is 5.53. The molecule has 6 N–H and O–H groups in total. The minimum absolute atomic E-state index is 0.0304. The first kappa shape index (κ1) is 24.3. The summed E-state index contributed by atoms with van der Waals surface area (Å²) in [6.07, 6.45) is 5.75. The molecule has 0 bridgehead atoms. The number of esters is 1. The summed E-state index contributed by atoms with van der Waals surface area (Å²) in [5.41, 5.74) is 9.55. The third kappa shape index (κ3) is 5.72. The van der Waals surface area contributed by atoms with Crippen molar-refractivity contribution in [1.82, 2.24) is 10.6 Å². The summed E-state index contributed by atoms with van der Waals surface area (Å²) in [7, 11) is 1.27. The van der Waals surface area contributed by atoms with Crippen molar-refractivity contribution < 1.29 is 19.4 Å². The first-order valence-corrected chi connectivity index (χ1v) is 10.7. The summed E-state index contributed by atoms with van der Waals surface area (Å²) in [6, 6.07) is 11.0. The van der Waals surface area contributed by atoms with Gasteiger partial charge in [0.25, 0.3) is 5.91 Å². The molecule has 0 radical (unpaired) electrons. The monoisotopic (exact) mass is 460 g/mol. The van der Waals surface area contributed by atoms with E-state index in [1.165, 1.54) is 19.2 Å². The molecule has 1 aliphatic rings. The van der Waals surface area contributed by atoms with Gasteiger partial charge in [0.15, 0.2) is 0 Å². The van der Waals surface area contributed by atoms with E-state index in [2.05, 4.69) is 17.2 Å². The Morgan fingerprint density at radius 1 is 1.18 bits per heavy atom. The molecule has 8 nitrogen and oxygen atoms in total. The van der Waals surface area contributed by atoms with Gasteiger partial charge in [-0.05, 0) is 66.5 Å². The number of phenolic OH excluding ortho intramolecular Hbond substituents is 1. The number of amides is 1. The molecule has 0 saturated heterocycles. The van der Waals surface area contributed by atoms with Crippen molar-refractivity contribution in [2.24, 2.45) is 11.7 Å². The number of nitrogens with one attached hydrogen (secondary N) is 3. The van der Waals surface area contributed by atoms with Gasteiger partial charge >= 0.3 is 5.97 Å². The number of ether oxygens (including phenoxy) is 1. The molecule has 0 aromatic heterocycles. The molecular formula is C26H28N4O4. The van der Waals surface area contributed by atoms with Gasteiger partial charge in [-0.3, -0.25) is 15.0 Å². The zero-order valence-corrected chi connectivity index (χ0v) is 19.1. The van der Waals surface area contributed by atoms with Crippen molar-refractivity contribution in [2.75, 3.05) is 7.11 Å². The second kappa shape index (κ2) is 10.5. The smallest absolute Gasteiger partial charge is 0.311 e. The van der Waals surface area contributed by atoms with Gasteiger partial charge in [0, 0.05) is 29.1 Å². The summed E-state index contributed by atoms with van der Waals surface area (Å²) in [5, 5.41) is 23.7. The molecule has 0 spiro atoms. The Bertz CT molecular complexity index is 1180. The third-order valence-corrected chi connectivity index (χ3v) is 5.65. The lowest BCUT2D eigenvalue weighted by Crippen LogP contribution is -2.42. The molecule has 176 valence electrons. The molecule has 3 rings (SSSR count). The molecule has 2 aromatic carbocycles. The highest BCUT2D eigenvalue weighted by Gasteiger charge is 2.29. The SMILES string of the molecule is C=C1C=CC(c2ccc(C(=O)NC(C)C(Cc3cc(C(=N)N)ccc3O)C(=O)OC)cc2)=CN1. The minimum Gasteiger partial charge on any atom is -0.508 e. The zero-order chi connectivity index (χ0) is 24.8. The Labute approximate surface area is 198 Å². The fourth-order valence-electron chi connectivity index (χ4n) is 3.61. The van der Waals surface area contributed by atoms with E-state index in [0.717, 1.165) is 16.8 Å². The van der Waals surface area contributed by atoms with E-state index < -0.39 is 17.9 Å². The average Bonchev–Trinajstić information content (AvgIpc) is 2.83. The fourth-order valence-corrected chi connectivity index (χ4v) is 3.61. The summed E-state index contributed by atoms with van der Waals surface area (Å²) in [4.78, 5) is 25.4. The van der Waals surface area contributed by atoms with Crippen molar-refractivity contribution in [1.29, 1.82) is 5.41 Å². The number of benzene rings is 2. The van der Waals surface area contributed by atoms with Gasteiger partial charge in [-0.1, -0.05) is 24.8 Å². The molecular weight excluding hydrogens is 432 g/mol. The largest absolute Gasteiger partial charge is 0.508 e. The van der Waals surface area contributed by atoms with Crippen LogP contribution in [0.3, 0.4) is 0 Å². The van der Waals surface area contributed by atoms with Gasteiger partial charge in [0.1, 0.15) is 11.6 Å². The number of nitrogen functional groups attached to an aromatic ring is 1. The Kier molecular flexibility index (Phi) is 7.53. The molecule has 34 heavy (non-hydrogen) atoms. The Morgan fingerprint density at radius 3 is 2.44 bits per heavy atom. The lowest BCUT2D eigenvalue weighted by molar-refractivity contribution is -0.146. The maximum Gasteiger partial charge on any atom is 0.311 e. The number of aromatic hydroxyl groups is 1. The number of hydrogen-bond acceptors (Lipinski definition) is 6. The van der Waals surface area contributed by atoms with Crippen LogP contribution in [-0.2, 0) is 16.0 Å². The number of nitrogens with two attached hydrogens (primary N) is 1. The molecule has 0 aliphatic carbocycles. The van der Waals surface area contributed by atoms with Crippen molar-refractivity contribution in [3.05, 3.63) is 95.3 Å². The quantitative estimate of drug-likeness (QED) is 0.233. The molecule has 0 saturated carbocycles. The van der Waals surface area contributed by atoms with Crippen LogP contribution in [0.15, 0.2) is 73.1 Å². The van der Waals surface area contributed by atoms with E-state index in [1.54, 1.807) is 25.1 Å². The topological polar surface area (TPSA) is 138 Å². The van der Waals surface area contributed by atoms with Crippen LogP contribution in [0.2, 0.25) is 0 Å². The number of carbonyl (C=O) groups is 2. The number of hydrogen-bond donors (Lipinski definition) is 5. The number of phenols is 1. The Balaban J connectivity index is 1.74. The predicted octanol–water partition coefficient (Wildman–Crippen LogP) is 2.84. The highest BCUT2D eigenvalue weighted by Crippen LogP contribution is 2.24. The predicted molar refractivity (Wildman–Crippen MR) is 131 cm³/mol. The van der Waals surface area contributed by atoms with Crippen LogP contribution in [-0.4, -0.2) is 36.0 Å². The first-order chi connectivity index (χ1) is 16.2. The van der Waals surface area contributed by atoms with Gasteiger partial charge in [0.2, 0.25) is 0 Å². The van der Waals surface area contributed by atoms with E-state index in [4.69, 9.17) is 15.9 Å². The average molecular weight is 461 g/mol. The highest BCUT2D eigenvalue weighted by atomic mass is 16.5. The number of allylic oxidation sites excluding steroid dienone is 3. The number of amidine groups is 1. The number of methoxy groups -OCH3 is 1. The van der Waals surface area contributed by atoms with Gasteiger partial charge in [0.05, 0.1) is 13.0 Å². The van der Waals surface area contributed by atoms with Crippen LogP contribution in [0.1, 0.15) is 34.0 Å². The third-order valence-electron chi connectivity index (χ3n) is 5.65. The van der Waals surface area contributed by atoms with Crippen LogP contribution in [0.5, 0.6) is 5.75 Å². The number of dihydropyridines is 1. The van der Waals surface area contributed by atoms with E-state index in [9.17, 15) is 14.7 Å². The van der Waals surface area contributed by atoms with Crippen molar-refractivity contribution in [3.8, 4) is 5.75 Å². The first-order valence-electron chi connectivity index (χ1n) is 10.7. The Hall–Kier alpha value is -4.33. The van der Waals surface area contributed by atoms with Gasteiger partial charge in [-0.25, -0.2) is 0 Å². The van der Waals surface area contributed by atoms with E-state index >= 15 is 0 Å². The maximum absolute atomic E-state index is 12.9. The lowest BCUT2D eigenvalue weighted by Gasteiger charge is -2.23. The minimum atomic E-state index is -0.766. The van der Waals surface area contributed by atoms with Crippen LogP contribution >= 0.6 is 0 Å². The van der Waals surface area contributed by atoms with Crippen LogP contribution < -0.4 is 16.4 Å². The molecule has 1 amide bonds. The van der Waals surface area contributed by atoms with Gasteiger partial charge in [-0.2, -0.15) is 0 Å². The summed E-state index contributed by atoms with van der Waals surface area (Å²) >= 11 is 0. The molecule has 2 aromatic rings. The molecule has 1 aliphatic heterocycles. The summed E-state index contributed by atoms with van der Waals surface area (Å²) in [5.74, 6) is -1.81. The van der Waals surface area contributed by atoms with Crippen LogP contribution in [0.4, 0.5) is 0 Å². The molecule has 1 heterocycles. The second-order valence-corrected chi connectivity index (χ2v) is 8.03. The van der Waals surface area contributed by atoms with Crippen molar-refractivity contribution in [2.45, 2.75) is 19.4 Å². The fraction of sp³-hybridized carbons (Fsp3) is 0.192. The number of carbonyl (C=O) groups excluding carboxylic acids is 2. The lowest BCUT2D eigenvalue weighted by atomic mass is 9.91. The number of rotatable bonds is 8. The molecule has 8 heteroatoms. The normalized spacial score (nSPS) is 14.4. The van der Waals surface area contributed by atoms with Crippen LogP contribution in [0.25, 0.3) is 5.57 Å². The molecule has 0 fully saturated rings. The highest BCUT2D eigenvalue weighted by molar-refractivity contribution is 5.96.